The van der Waals surface area contributed by atoms with Gasteiger partial charge in [-0.15, -0.1) is 11.3 Å². The van der Waals surface area contributed by atoms with Crippen molar-refractivity contribution in [2.75, 3.05) is 11.4 Å². The second kappa shape index (κ2) is 5.17. The summed E-state index contributed by atoms with van der Waals surface area (Å²) in [5.74, 6) is -0.962. The fourth-order valence-electron chi connectivity index (χ4n) is 2.32. The summed E-state index contributed by atoms with van der Waals surface area (Å²) < 4.78 is 1.08. The number of carbonyl (C=O) groups is 2. The van der Waals surface area contributed by atoms with E-state index >= 15 is 0 Å². The molecule has 0 spiro atoms. The van der Waals surface area contributed by atoms with Crippen molar-refractivity contribution >= 4 is 51.5 Å². The van der Waals surface area contributed by atoms with E-state index in [1.165, 1.54) is 0 Å². The summed E-state index contributed by atoms with van der Waals surface area (Å²) in [6, 6.07) is 6.80. The third-order valence-corrected chi connectivity index (χ3v) is 5.07. The Balaban J connectivity index is 1.93. The molecule has 2 aromatic rings. The zero-order valence-electron chi connectivity index (χ0n) is 10.3. The first-order chi connectivity index (χ1) is 9.56. The average molecular weight is 399 g/mol. The first-order valence-corrected chi connectivity index (χ1v) is 7.94. The first-order valence-electron chi connectivity index (χ1n) is 5.98. The number of hydrogen-bond acceptors (Lipinski definition) is 3. The second-order valence-corrected chi connectivity index (χ2v) is 7.30. The van der Waals surface area contributed by atoms with Crippen LogP contribution in [0.2, 0.25) is 0 Å². The number of nitrogens with zero attached hydrogens (tertiary/aromatic N) is 1. The maximum Gasteiger partial charge on any atom is 0.335 e. The van der Waals surface area contributed by atoms with E-state index in [9.17, 15) is 9.59 Å². The van der Waals surface area contributed by atoms with Gasteiger partial charge in [0.05, 0.1) is 14.0 Å². The minimum Gasteiger partial charge on any atom is -0.478 e. The van der Waals surface area contributed by atoms with Crippen molar-refractivity contribution in [3.8, 4) is 0 Å². The Hall–Kier alpha value is -1.41. The molecule has 1 amide bonds. The fraction of sp³-hybridized carbons (Fsp3) is 0.143. The van der Waals surface area contributed by atoms with E-state index in [4.69, 9.17) is 5.11 Å². The smallest absolute Gasteiger partial charge is 0.335 e. The molecule has 0 saturated heterocycles. The van der Waals surface area contributed by atoms with Gasteiger partial charge in [0, 0.05) is 17.6 Å². The van der Waals surface area contributed by atoms with Crippen molar-refractivity contribution in [3.05, 3.63) is 49.2 Å². The molecule has 0 fully saturated rings. The van der Waals surface area contributed by atoms with Gasteiger partial charge in [0.25, 0.3) is 5.91 Å². The summed E-state index contributed by atoms with van der Waals surface area (Å²) in [6.45, 7) is 0.601. The minimum atomic E-state index is -0.940. The molecule has 102 valence electrons. The summed E-state index contributed by atoms with van der Waals surface area (Å²) in [6.07, 6.45) is 0.698. The number of carbonyl (C=O) groups excluding carboxylic acids is 1. The van der Waals surface area contributed by atoms with E-state index in [1.54, 1.807) is 34.4 Å². The maximum absolute atomic E-state index is 12.5. The van der Waals surface area contributed by atoms with Crippen LogP contribution in [0.15, 0.2) is 29.6 Å². The third-order valence-electron chi connectivity index (χ3n) is 3.28. The normalized spacial score (nSPS) is 13.3. The number of amides is 1. The summed E-state index contributed by atoms with van der Waals surface area (Å²) in [5, 5.41) is 10.8. The van der Waals surface area contributed by atoms with Crippen LogP contribution in [-0.2, 0) is 6.42 Å². The molecule has 1 aliphatic rings. The van der Waals surface area contributed by atoms with E-state index in [2.05, 4.69) is 22.6 Å². The Morgan fingerprint density at radius 2 is 2.05 bits per heavy atom. The lowest BCUT2D eigenvalue weighted by Gasteiger charge is -2.16. The second-order valence-electron chi connectivity index (χ2n) is 4.49. The molecule has 1 aromatic carbocycles. The number of aromatic carboxylic acids is 1. The Labute approximate surface area is 133 Å². The van der Waals surface area contributed by atoms with Crippen LogP contribution in [-0.4, -0.2) is 23.5 Å². The Morgan fingerprint density at radius 3 is 2.70 bits per heavy atom. The van der Waals surface area contributed by atoms with Crippen molar-refractivity contribution in [3.63, 3.8) is 0 Å². The minimum absolute atomic E-state index is 0.0222. The number of halogens is 1. The fourth-order valence-corrected chi connectivity index (χ4v) is 3.64. The molecule has 1 N–H and O–H groups in total. The summed E-state index contributed by atoms with van der Waals surface area (Å²) in [5.41, 5.74) is 2.70. The van der Waals surface area contributed by atoms with Gasteiger partial charge in [-0.3, -0.25) is 4.79 Å². The molecule has 3 rings (SSSR count). The molecular weight excluding hydrogens is 389 g/mol. The monoisotopic (exact) mass is 399 g/mol. The number of benzene rings is 1. The van der Waals surface area contributed by atoms with Crippen LogP contribution in [0, 0.1) is 2.88 Å². The van der Waals surface area contributed by atoms with Crippen molar-refractivity contribution in [1.29, 1.82) is 0 Å². The molecule has 1 aliphatic heterocycles. The van der Waals surface area contributed by atoms with Gasteiger partial charge in [-0.2, -0.15) is 0 Å². The molecule has 4 nitrogen and oxygen atoms in total. The summed E-state index contributed by atoms with van der Waals surface area (Å²) in [7, 11) is 0. The van der Waals surface area contributed by atoms with Crippen molar-refractivity contribution in [2.45, 2.75) is 6.42 Å². The summed E-state index contributed by atoms with van der Waals surface area (Å²) in [4.78, 5) is 25.1. The van der Waals surface area contributed by atoms with Gasteiger partial charge in [0.2, 0.25) is 0 Å². The summed E-state index contributed by atoms with van der Waals surface area (Å²) >= 11 is 3.73. The highest BCUT2D eigenvalue weighted by Gasteiger charge is 2.26. The van der Waals surface area contributed by atoms with Gasteiger partial charge in [-0.05, 0) is 58.8 Å². The van der Waals surface area contributed by atoms with E-state index in [0.29, 0.717) is 18.5 Å². The quantitative estimate of drug-likeness (QED) is 0.789. The first kappa shape index (κ1) is 13.6. The van der Waals surface area contributed by atoms with Gasteiger partial charge in [-0.25, -0.2) is 4.79 Å². The van der Waals surface area contributed by atoms with Crippen LogP contribution >= 0.6 is 33.9 Å². The zero-order valence-corrected chi connectivity index (χ0v) is 13.3. The molecule has 6 heteroatoms. The lowest BCUT2D eigenvalue weighted by molar-refractivity contribution is 0.0696. The molecule has 20 heavy (non-hydrogen) atoms. The zero-order chi connectivity index (χ0) is 14.3. The lowest BCUT2D eigenvalue weighted by Crippen LogP contribution is -2.28. The Bertz CT molecular complexity index is 710. The van der Waals surface area contributed by atoms with Crippen LogP contribution in [0.5, 0.6) is 0 Å². The van der Waals surface area contributed by atoms with E-state index in [0.717, 1.165) is 14.1 Å². The van der Waals surface area contributed by atoms with Gasteiger partial charge in [0.1, 0.15) is 0 Å². The molecule has 0 saturated carbocycles. The number of carboxylic acids is 1. The van der Waals surface area contributed by atoms with Crippen molar-refractivity contribution < 1.29 is 14.7 Å². The highest BCUT2D eigenvalue weighted by molar-refractivity contribution is 14.1. The molecular formula is C14H10INO3S. The van der Waals surface area contributed by atoms with Crippen LogP contribution in [0.1, 0.15) is 26.3 Å². The molecule has 2 heterocycles. The van der Waals surface area contributed by atoms with Gasteiger partial charge >= 0.3 is 5.97 Å². The SMILES string of the molecule is O=C(O)c1ccc2c(c1)CCN2C(=O)c1csc(I)c1. The van der Waals surface area contributed by atoms with E-state index in [1.807, 2.05) is 11.4 Å². The number of fused-ring (bicyclic) bond motifs is 1. The van der Waals surface area contributed by atoms with Crippen molar-refractivity contribution in [2.24, 2.45) is 0 Å². The van der Waals surface area contributed by atoms with Gasteiger partial charge in [0.15, 0.2) is 0 Å². The standard InChI is InChI=1S/C14H10INO3S/c15-12-6-10(7-20-12)13(17)16-4-3-8-5-9(14(18)19)1-2-11(8)16/h1-2,5-7H,3-4H2,(H,18,19). The topological polar surface area (TPSA) is 57.6 Å². The highest BCUT2D eigenvalue weighted by atomic mass is 127. The predicted octanol–water partition coefficient (Wildman–Crippen LogP) is 3.25. The van der Waals surface area contributed by atoms with E-state index in [-0.39, 0.29) is 11.5 Å². The molecule has 0 atom stereocenters. The Morgan fingerprint density at radius 1 is 1.25 bits per heavy atom. The molecule has 0 radical (unpaired) electrons. The van der Waals surface area contributed by atoms with Gasteiger partial charge in [-0.1, -0.05) is 0 Å². The number of rotatable bonds is 2. The number of thiophene rings is 1. The molecule has 0 unspecified atom stereocenters. The number of hydrogen-bond donors (Lipinski definition) is 1. The average Bonchev–Trinajstić information content (AvgIpc) is 3.03. The largest absolute Gasteiger partial charge is 0.478 e. The van der Waals surface area contributed by atoms with Crippen molar-refractivity contribution in [1.82, 2.24) is 0 Å². The molecule has 0 bridgehead atoms. The lowest BCUT2D eigenvalue weighted by atomic mass is 10.1. The number of anilines is 1. The maximum atomic E-state index is 12.5. The highest BCUT2D eigenvalue weighted by Crippen LogP contribution is 2.31. The van der Waals surface area contributed by atoms with Crippen LogP contribution < -0.4 is 4.90 Å². The van der Waals surface area contributed by atoms with Crippen LogP contribution in [0.25, 0.3) is 0 Å². The van der Waals surface area contributed by atoms with Crippen LogP contribution in [0.4, 0.5) is 5.69 Å². The molecule has 0 aliphatic carbocycles. The van der Waals surface area contributed by atoms with Gasteiger partial charge < -0.3 is 10.0 Å². The van der Waals surface area contributed by atoms with Crippen LogP contribution in [0.3, 0.4) is 0 Å². The Kier molecular flexibility index (Phi) is 3.51. The third kappa shape index (κ3) is 2.33. The number of carboxylic acid groups (broad SMARTS) is 1. The molecule has 1 aromatic heterocycles. The predicted molar refractivity (Wildman–Crippen MR) is 85.8 cm³/mol. The van der Waals surface area contributed by atoms with E-state index < -0.39 is 5.97 Å².